The summed E-state index contributed by atoms with van der Waals surface area (Å²) < 4.78 is 0. The molecule has 0 N–H and O–H groups in total. The third-order valence-electron chi connectivity index (χ3n) is 6.76. The molecule has 0 radical (unpaired) electrons. The van der Waals surface area contributed by atoms with E-state index in [1.54, 1.807) is 0 Å². The van der Waals surface area contributed by atoms with Crippen LogP contribution in [-0.4, -0.2) is 11.6 Å². The van der Waals surface area contributed by atoms with E-state index >= 15 is 0 Å². The molecule has 2 nitrogen and oxygen atoms in total. The van der Waals surface area contributed by atoms with Gasteiger partial charge in [-0.05, 0) is 64.8 Å². The van der Waals surface area contributed by atoms with Gasteiger partial charge in [-0.25, -0.2) is 0 Å². The van der Waals surface area contributed by atoms with Crippen LogP contribution in [0.25, 0.3) is 0 Å². The molecule has 0 saturated heterocycles. The van der Waals surface area contributed by atoms with Crippen LogP contribution in [0.1, 0.15) is 66.5 Å². The van der Waals surface area contributed by atoms with E-state index in [-0.39, 0.29) is 11.6 Å². The van der Waals surface area contributed by atoms with Crippen LogP contribution in [0.15, 0.2) is 103 Å². The predicted octanol–water partition coefficient (Wildman–Crippen LogP) is 9.03. The highest BCUT2D eigenvalue weighted by Crippen LogP contribution is 2.13. The van der Waals surface area contributed by atoms with Crippen LogP contribution in [0.4, 0.5) is 0 Å². The van der Waals surface area contributed by atoms with Gasteiger partial charge >= 0.3 is 0 Å². The molecule has 0 aliphatic rings. The van der Waals surface area contributed by atoms with Gasteiger partial charge in [0, 0.05) is 30.7 Å². The van der Waals surface area contributed by atoms with Gasteiger partial charge in [-0.2, -0.15) is 0 Å². The molecule has 0 aliphatic heterocycles. The summed E-state index contributed by atoms with van der Waals surface area (Å²) in [5, 5.41) is 0.702. The molecule has 0 aliphatic carbocycles. The average Bonchev–Trinajstić information content (AvgIpc) is 2.96. The van der Waals surface area contributed by atoms with Crippen molar-refractivity contribution >= 4 is 23.2 Å². The molecule has 0 atom stereocenters. The molecular weight excluding hydrogens is 512 g/mol. The fourth-order valence-corrected chi connectivity index (χ4v) is 4.68. The van der Waals surface area contributed by atoms with Gasteiger partial charge in [-0.1, -0.05) is 129 Å². The van der Waals surface area contributed by atoms with Crippen molar-refractivity contribution < 1.29 is 9.59 Å². The zero-order valence-corrected chi connectivity index (χ0v) is 24.6. The van der Waals surface area contributed by atoms with Gasteiger partial charge in [0.1, 0.15) is 11.6 Å². The van der Waals surface area contributed by atoms with Crippen LogP contribution >= 0.6 is 11.6 Å². The number of halogens is 1. The Morgan fingerprint density at radius 1 is 0.475 bits per heavy atom. The topological polar surface area (TPSA) is 34.1 Å². The van der Waals surface area contributed by atoms with E-state index in [0.29, 0.717) is 30.7 Å². The average molecular weight is 553 g/mol. The maximum atomic E-state index is 12.0. The van der Waals surface area contributed by atoms with Crippen molar-refractivity contribution in [3.05, 3.63) is 142 Å². The number of hydrogen-bond donors (Lipinski definition) is 0. The molecule has 4 aromatic carbocycles. The lowest BCUT2D eigenvalue weighted by Crippen LogP contribution is -2.06. The van der Waals surface area contributed by atoms with E-state index in [4.69, 9.17) is 11.6 Å². The molecule has 0 spiro atoms. The highest BCUT2D eigenvalue weighted by Gasteiger charge is 2.06. The molecule has 0 aromatic heterocycles. The molecule has 40 heavy (non-hydrogen) atoms. The summed E-state index contributed by atoms with van der Waals surface area (Å²) in [4.78, 5) is 24.1. The first-order valence-corrected chi connectivity index (χ1v) is 14.8. The Labute approximate surface area is 245 Å². The zero-order valence-electron chi connectivity index (χ0n) is 23.9. The molecule has 4 aromatic rings. The van der Waals surface area contributed by atoms with Crippen LogP contribution in [0, 0.1) is 0 Å². The lowest BCUT2D eigenvalue weighted by Gasteiger charge is -2.04. The minimum atomic E-state index is 0.232. The van der Waals surface area contributed by atoms with Gasteiger partial charge in [-0.3, -0.25) is 9.59 Å². The molecule has 0 bridgehead atoms. The third kappa shape index (κ3) is 11.7. The standard InChI is InChI=1S/C19H22O.C18H19ClO/c1-2-3-7-16-10-12-18(13-11-16)15-19(20)14-17-8-5-4-6-9-17;1-2-3-14-4-6-15(7-5-14)12-18(20)13-16-8-10-17(19)11-9-16/h4-6,8-13H,2-3,7,14-15H2,1H3;4-11H,2-3,12-13H2,1H3. The van der Waals surface area contributed by atoms with Gasteiger partial charge in [0.2, 0.25) is 0 Å². The summed E-state index contributed by atoms with van der Waals surface area (Å²) in [7, 11) is 0. The van der Waals surface area contributed by atoms with Gasteiger partial charge in [-0.15, -0.1) is 0 Å². The number of ketones is 2. The Morgan fingerprint density at radius 2 is 0.850 bits per heavy atom. The fourth-order valence-electron chi connectivity index (χ4n) is 4.55. The Balaban J connectivity index is 0.000000220. The first kappa shape index (κ1) is 31.0. The summed E-state index contributed by atoms with van der Waals surface area (Å²) in [6.45, 7) is 4.38. The largest absolute Gasteiger partial charge is 0.299 e. The number of Topliss-reactive ketones (excluding diaryl/α,β-unsaturated/α-hetero) is 2. The number of carbonyl (C=O) groups excluding carboxylic acids is 2. The fraction of sp³-hybridized carbons (Fsp3) is 0.297. The second-order valence-corrected chi connectivity index (χ2v) is 10.8. The van der Waals surface area contributed by atoms with E-state index in [9.17, 15) is 9.59 Å². The normalized spacial score (nSPS) is 10.5. The lowest BCUT2D eigenvalue weighted by atomic mass is 10.0. The Hall–Kier alpha value is -3.49. The van der Waals surface area contributed by atoms with E-state index in [1.165, 1.54) is 24.0 Å². The maximum absolute atomic E-state index is 12.0. The number of carbonyl (C=O) groups is 2. The number of aryl methyl sites for hydroxylation is 2. The highest BCUT2D eigenvalue weighted by atomic mass is 35.5. The van der Waals surface area contributed by atoms with Gasteiger partial charge in [0.25, 0.3) is 0 Å². The van der Waals surface area contributed by atoms with Crippen molar-refractivity contribution in [1.29, 1.82) is 0 Å². The molecule has 0 heterocycles. The van der Waals surface area contributed by atoms with Crippen molar-refractivity contribution in [2.45, 2.75) is 71.6 Å². The molecule has 0 amide bonds. The van der Waals surface area contributed by atoms with Crippen LogP contribution in [0.3, 0.4) is 0 Å². The molecule has 208 valence electrons. The summed E-state index contributed by atoms with van der Waals surface area (Å²) in [6, 6.07) is 34.3. The monoisotopic (exact) mass is 552 g/mol. The van der Waals surface area contributed by atoms with E-state index < -0.39 is 0 Å². The van der Waals surface area contributed by atoms with Crippen LogP contribution in [-0.2, 0) is 48.1 Å². The molecule has 3 heteroatoms. The lowest BCUT2D eigenvalue weighted by molar-refractivity contribution is -0.118. The van der Waals surface area contributed by atoms with Crippen molar-refractivity contribution in [3.8, 4) is 0 Å². The summed E-state index contributed by atoms with van der Waals surface area (Å²) in [5.74, 6) is 0.507. The predicted molar refractivity (Wildman–Crippen MR) is 168 cm³/mol. The van der Waals surface area contributed by atoms with Gasteiger partial charge in [0.15, 0.2) is 0 Å². The molecule has 0 saturated carbocycles. The zero-order chi connectivity index (χ0) is 28.6. The maximum Gasteiger partial charge on any atom is 0.141 e. The summed E-state index contributed by atoms with van der Waals surface area (Å²) in [6.07, 6.45) is 7.84. The minimum Gasteiger partial charge on any atom is -0.299 e. The highest BCUT2D eigenvalue weighted by molar-refractivity contribution is 6.30. The van der Waals surface area contributed by atoms with E-state index in [2.05, 4.69) is 62.4 Å². The Bertz CT molecular complexity index is 1290. The van der Waals surface area contributed by atoms with Crippen molar-refractivity contribution in [2.75, 3.05) is 0 Å². The minimum absolute atomic E-state index is 0.232. The Morgan fingerprint density at radius 3 is 1.27 bits per heavy atom. The number of rotatable bonds is 13. The first-order chi connectivity index (χ1) is 19.4. The van der Waals surface area contributed by atoms with Crippen LogP contribution < -0.4 is 0 Å². The van der Waals surface area contributed by atoms with Crippen LogP contribution in [0.2, 0.25) is 5.02 Å². The van der Waals surface area contributed by atoms with Gasteiger partial charge < -0.3 is 0 Å². The summed E-state index contributed by atoms with van der Waals surface area (Å²) in [5.41, 5.74) is 7.02. The van der Waals surface area contributed by atoms with Crippen molar-refractivity contribution in [2.24, 2.45) is 0 Å². The van der Waals surface area contributed by atoms with Crippen LogP contribution in [0.5, 0.6) is 0 Å². The van der Waals surface area contributed by atoms with Crippen molar-refractivity contribution in [1.82, 2.24) is 0 Å². The molecule has 0 fully saturated rings. The smallest absolute Gasteiger partial charge is 0.141 e. The quantitative estimate of drug-likeness (QED) is 0.166. The van der Waals surface area contributed by atoms with Crippen molar-refractivity contribution in [3.63, 3.8) is 0 Å². The van der Waals surface area contributed by atoms with E-state index in [0.717, 1.165) is 41.5 Å². The van der Waals surface area contributed by atoms with E-state index in [1.807, 2.05) is 54.6 Å². The third-order valence-corrected chi connectivity index (χ3v) is 7.02. The Kier molecular flexibility index (Phi) is 13.4. The second-order valence-electron chi connectivity index (χ2n) is 10.4. The number of benzene rings is 4. The first-order valence-electron chi connectivity index (χ1n) is 14.4. The SMILES string of the molecule is CCCCc1ccc(CC(=O)Cc2ccccc2)cc1.CCCc1ccc(CC(=O)Cc2ccc(Cl)cc2)cc1. The van der Waals surface area contributed by atoms with Gasteiger partial charge in [0.05, 0.1) is 0 Å². The second kappa shape index (κ2) is 17.3. The molecule has 4 rings (SSSR count). The molecule has 0 unspecified atom stereocenters. The number of hydrogen-bond acceptors (Lipinski definition) is 2. The molecular formula is C37H41ClO2. The summed E-state index contributed by atoms with van der Waals surface area (Å²) >= 11 is 5.83. The number of unbranched alkanes of at least 4 members (excludes halogenated alkanes) is 1.